The van der Waals surface area contributed by atoms with Gasteiger partial charge in [0.2, 0.25) is 0 Å². The van der Waals surface area contributed by atoms with Gasteiger partial charge in [0.25, 0.3) is 5.91 Å². The van der Waals surface area contributed by atoms with Crippen LogP contribution in [0.15, 0.2) is 40.9 Å². The molecule has 0 bridgehead atoms. The fourth-order valence-corrected chi connectivity index (χ4v) is 2.55. The molecule has 2 rings (SSSR count). The third-order valence-corrected chi connectivity index (χ3v) is 5.03. The first-order chi connectivity index (χ1) is 10.9. The van der Waals surface area contributed by atoms with E-state index in [9.17, 15) is 4.79 Å². The number of rotatable bonds is 5. The maximum absolute atomic E-state index is 12.2. The van der Waals surface area contributed by atoms with Crippen LogP contribution in [0.2, 0.25) is 5.02 Å². The second kappa shape index (κ2) is 7.84. The summed E-state index contributed by atoms with van der Waals surface area (Å²) in [7, 11) is 1.76. The first-order valence-electron chi connectivity index (χ1n) is 7.25. The van der Waals surface area contributed by atoms with Crippen LogP contribution >= 0.6 is 27.5 Å². The normalized spacial score (nSPS) is 10.5. The molecule has 5 heteroatoms. The van der Waals surface area contributed by atoms with E-state index in [1.807, 2.05) is 50.2 Å². The first-order valence-corrected chi connectivity index (χ1v) is 8.42. The standard InChI is InChI=1S/C18H19BrClNO2/c1-12-8-16(9-13(2)18(12)19)23-11-17(22)21(3)10-14-4-6-15(20)7-5-14/h4-9H,10-11H2,1-3H3. The van der Waals surface area contributed by atoms with Crippen LogP contribution in [0.25, 0.3) is 0 Å². The molecule has 0 aliphatic heterocycles. The monoisotopic (exact) mass is 395 g/mol. The van der Waals surface area contributed by atoms with Gasteiger partial charge in [0, 0.05) is 23.1 Å². The number of carbonyl (C=O) groups is 1. The molecular formula is C18H19BrClNO2. The van der Waals surface area contributed by atoms with Crippen molar-refractivity contribution >= 4 is 33.4 Å². The van der Waals surface area contributed by atoms with Gasteiger partial charge in [-0.05, 0) is 54.8 Å². The number of hydrogen-bond acceptors (Lipinski definition) is 2. The molecule has 0 aromatic heterocycles. The number of amides is 1. The average Bonchev–Trinajstić information content (AvgIpc) is 2.52. The van der Waals surface area contributed by atoms with Crippen LogP contribution in [0.1, 0.15) is 16.7 Å². The molecule has 0 aliphatic rings. The van der Waals surface area contributed by atoms with Crippen molar-refractivity contribution in [2.75, 3.05) is 13.7 Å². The summed E-state index contributed by atoms with van der Waals surface area (Å²) in [4.78, 5) is 13.8. The van der Waals surface area contributed by atoms with Gasteiger partial charge < -0.3 is 9.64 Å². The minimum Gasteiger partial charge on any atom is -0.484 e. The molecule has 0 spiro atoms. The Morgan fingerprint density at radius 3 is 2.30 bits per heavy atom. The van der Waals surface area contributed by atoms with Crippen molar-refractivity contribution in [1.29, 1.82) is 0 Å². The maximum atomic E-state index is 12.2. The molecule has 3 nitrogen and oxygen atoms in total. The molecule has 2 aromatic rings. The van der Waals surface area contributed by atoms with Crippen LogP contribution in [0, 0.1) is 13.8 Å². The molecule has 122 valence electrons. The largest absolute Gasteiger partial charge is 0.484 e. The average molecular weight is 397 g/mol. The molecule has 0 unspecified atom stereocenters. The Bertz CT molecular complexity index is 678. The summed E-state index contributed by atoms with van der Waals surface area (Å²) in [5.41, 5.74) is 3.20. The van der Waals surface area contributed by atoms with E-state index >= 15 is 0 Å². The van der Waals surface area contributed by atoms with Crippen molar-refractivity contribution in [2.24, 2.45) is 0 Å². The Balaban J connectivity index is 1.92. The molecule has 0 heterocycles. The fraction of sp³-hybridized carbons (Fsp3) is 0.278. The van der Waals surface area contributed by atoms with E-state index in [1.165, 1.54) is 0 Å². The summed E-state index contributed by atoms with van der Waals surface area (Å²) >= 11 is 9.38. The highest BCUT2D eigenvalue weighted by Gasteiger charge is 2.11. The third kappa shape index (κ3) is 4.98. The Kier molecular flexibility index (Phi) is 6.08. The Morgan fingerprint density at radius 1 is 1.17 bits per heavy atom. The lowest BCUT2D eigenvalue weighted by atomic mass is 10.1. The number of hydrogen-bond donors (Lipinski definition) is 0. The fourth-order valence-electron chi connectivity index (χ4n) is 2.20. The summed E-state index contributed by atoms with van der Waals surface area (Å²) in [6, 6.07) is 11.3. The number of benzene rings is 2. The molecule has 0 saturated carbocycles. The van der Waals surface area contributed by atoms with E-state index in [-0.39, 0.29) is 12.5 Å². The molecule has 0 atom stereocenters. The summed E-state index contributed by atoms with van der Waals surface area (Å²) in [5.74, 6) is 0.634. The predicted molar refractivity (Wildman–Crippen MR) is 97.0 cm³/mol. The van der Waals surface area contributed by atoms with E-state index in [2.05, 4.69) is 15.9 Å². The topological polar surface area (TPSA) is 29.5 Å². The molecule has 23 heavy (non-hydrogen) atoms. The van der Waals surface area contributed by atoms with E-state index < -0.39 is 0 Å². The zero-order valence-electron chi connectivity index (χ0n) is 13.4. The summed E-state index contributed by atoms with van der Waals surface area (Å²) in [5, 5.41) is 0.687. The molecule has 0 fully saturated rings. The highest BCUT2D eigenvalue weighted by atomic mass is 79.9. The Labute approximate surface area is 150 Å². The van der Waals surface area contributed by atoms with Gasteiger partial charge in [0.15, 0.2) is 6.61 Å². The molecule has 0 saturated heterocycles. The quantitative estimate of drug-likeness (QED) is 0.729. The molecule has 2 aromatic carbocycles. The van der Waals surface area contributed by atoms with Crippen LogP contribution < -0.4 is 4.74 Å². The molecule has 0 aliphatic carbocycles. The molecular weight excluding hydrogens is 378 g/mol. The van der Waals surface area contributed by atoms with E-state index in [1.54, 1.807) is 11.9 Å². The van der Waals surface area contributed by atoms with Crippen LogP contribution in [0.3, 0.4) is 0 Å². The smallest absolute Gasteiger partial charge is 0.260 e. The van der Waals surface area contributed by atoms with Gasteiger partial charge in [-0.15, -0.1) is 0 Å². The van der Waals surface area contributed by atoms with Gasteiger partial charge in [-0.25, -0.2) is 0 Å². The van der Waals surface area contributed by atoms with Gasteiger partial charge in [-0.1, -0.05) is 39.7 Å². The molecule has 0 N–H and O–H groups in total. The number of halogens is 2. The minimum atomic E-state index is -0.0711. The maximum Gasteiger partial charge on any atom is 0.260 e. The van der Waals surface area contributed by atoms with Crippen LogP contribution in [-0.4, -0.2) is 24.5 Å². The van der Waals surface area contributed by atoms with Gasteiger partial charge >= 0.3 is 0 Å². The highest BCUT2D eigenvalue weighted by Crippen LogP contribution is 2.26. The molecule has 1 amide bonds. The second-order valence-corrected chi connectivity index (χ2v) is 6.77. The minimum absolute atomic E-state index is 0.0185. The Hall–Kier alpha value is -1.52. The molecule has 0 radical (unpaired) electrons. The van der Waals surface area contributed by atoms with Gasteiger partial charge in [0.1, 0.15) is 5.75 Å². The van der Waals surface area contributed by atoms with Crippen LogP contribution in [-0.2, 0) is 11.3 Å². The van der Waals surface area contributed by atoms with Crippen LogP contribution in [0.5, 0.6) is 5.75 Å². The summed E-state index contributed by atoms with van der Waals surface area (Å²) in [6.07, 6.45) is 0. The lowest BCUT2D eigenvalue weighted by molar-refractivity contribution is -0.132. The Morgan fingerprint density at radius 2 is 1.74 bits per heavy atom. The summed E-state index contributed by atoms with van der Waals surface area (Å²) < 4.78 is 6.70. The highest BCUT2D eigenvalue weighted by molar-refractivity contribution is 9.10. The number of carbonyl (C=O) groups excluding carboxylic acids is 1. The lowest BCUT2D eigenvalue weighted by Crippen LogP contribution is -2.30. The van der Waals surface area contributed by atoms with E-state index in [0.717, 1.165) is 21.2 Å². The van der Waals surface area contributed by atoms with Gasteiger partial charge in [0.05, 0.1) is 0 Å². The number of ether oxygens (including phenoxy) is 1. The summed E-state index contributed by atoms with van der Waals surface area (Å²) in [6.45, 7) is 4.54. The van der Waals surface area contributed by atoms with Crippen molar-refractivity contribution in [1.82, 2.24) is 4.90 Å². The van der Waals surface area contributed by atoms with Crippen molar-refractivity contribution < 1.29 is 9.53 Å². The number of nitrogens with zero attached hydrogens (tertiary/aromatic N) is 1. The van der Waals surface area contributed by atoms with Gasteiger partial charge in [-0.3, -0.25) is 4.79 Å². The van der Waals surface area contributed by atoms with E-state index in [0.29, 0.717) is 17.3 Å². The number of likely N-dealkylation sites (N-methyl/N-ethyl adjacent to an activating group) is 1. The predicted octanol–water partition coefficient (Wildman–Crippen LogP) is 4.76. The van der Waals surface area contributed by atoms with Crippen molar-refractivity contribution in [3.05, 3.63) is 62.6 Å². The van der Waals surface area contributed by atoms with Crippen molar-refractivity contribution in [2.45, 2.75) is 20.4 Å². The second-order valence-electron chi connectivity index (χ2n) is 5.54. The van der Waals surface area contributed by atoms with Gasteiger partial charge in [-0.2, -0.15) is 0 Å². The van der Waals surface area contributed by atoms with Crippen molar-refractivity contribution in [3.63, 3.8) is 0 Å². The van der Waals surface area contributed by atoms with Crippen molar-refractivity contribution in [3.8, 4) is 5.75 Å². The third-order valence-electron chi connectivity index (χ3n) is 3.53. The number of aryl methyl sites for hydroxylation is 2. The lowest BCUT2D eigenvalue weighted by Gasteiger charge is -2.18. The zero-order chi connectivity index (χ0) is 17.0. The van der Waals surface area contributed by atoms with E-state index in [4.69, 9.17) is 16.3 Å². The van der Waals surface area contributed by atoms with Crippen LogP contribution in [0.4, 0.5) is 0 Å². The first kappa shape index (κ1) is 17.8. The SMILES string of the molecule is Cc1cc(OCC(=O)N(C)Cc2ccc(Cl)cc2)cc(C)c1Br. The zero-order valence-corrected chi connectivity index (χ0v) is 15.7.